The van der Waals surface area contributed by atoms with Gasteiger partial charge in [0.05, 0.1) is 0 Å². The maximum absolute atomic E-state index is 2.74. The molecule has 0 saturated carbocycles. The van der Waals surface area contributed by atoms with Gasteiger partial charge in [-0.25, -0.2) is 0 Å². The Balaban J connectivity index is 2.94. The monoisotopic (exact) mass is 476 g/mol. The molecule has 168 valence electrons. The Bertz CT molecular complexity index is 892. The van der Waals surface area contributed by atoms with Crippen LogP contribution < -0.4 is 10.4 Å². The summed E-state index contributed by atoms with van der Waals surface area (Å²) in [7, 11) is -3.25. The van der Waals surface area contributed by atoms with E-state index in [2.05, 4.69) is 109 Å². The zero-order valence-electron chi connectivity index (χ0n) is 22.5. The van der Waals surface area contributed by atoms with Crippen LogP contribution in [0, 0.1) is 12.8 Å². The van der Waals surface area contributed by atoms with E-state index in [9.17, 15) is 0 Å². The standard InChI is InChI=1S/C24H39Si2.3CH3.Ti/c1-17(2)16-26(11,24(7)15-19(4)20(5)21(24)6)23-13-18(3)12-22(14-23)25(8,9)10;;;;/h12-14,17H,16H2,1-11H3;3*1H3;. The molecule has 1 aromatic carbocycles. The molecular weight excluding hydrogens is 428 g/mol. The molecule has 30 heavy (non-hydrogen) atoms. The Morgan fingerprint density at radius 1 is 0.833 bits per heavy atom. The van der Waals surface area contributed by atoms with Crippen molar-refractivity contribution in [3.8, 4) is 0 Å². The zero-order valence-corrected chi connectivity index (χ0v) is 26.1. The molecule has 2 rings (SSSR count). The maximum atomic E-state index is 2.74. The van der Waals surface area contributed by atoms with Crippen molar-refractivity contribution in [1.29, 1.82) is 0 Å². The molecular formula is C27H48Si2Ti. The van der Waals surface area contributed by atoms with E-state index in [4.69, 9.17) is 0 Å². The van der Waals surface area contributed by atoms with Gasteiger partial charge in [0.25, 0.3) is 0 Å². The summed E-state index contributed by atoms with van der Waals surface area (Å²) in [6.07, 6.45) is 0. The summed E-state index contributed by atoms with van der Waals surface area (Å²) >= 11 is -2.06. The Morgan fingerprint density at radius 3 is 1.77 bits per heavy atom. The summed E-state index contributed by atoms with van der Waals surface area (Å²) in [4.78, 5) is 0. The Morgan fingerprint density at radius 2 is 1.33 bits per heavy atom. The molecule has 0 heterocycles. The molecule has 0 aliphatic heterocycles. The molecule has 0 radical (unpaired) electrons. The van der Waals surface area contributed by atoms with Crippen molar-refractivity contribution in [3.05, 3.63) is 44.4 Å². The summed E-state index contributed by atoms with van der Waals surface area (Å²) in [5.74, 6) is 0.720. The molecule has 0 N–H and O–H groups in total. The van der Waals surface area contributed by atoms with E-state index in [1.165, 1.54) is 11.6 Å². The van der Waals surface area contributed by atoms with Crippen LogP contribution in [0.1, 0.15) is 47.1 Å². The van der Waals surface area contributed by atoms with E-state index >= 15 is 0 Å². The molecule has 2 atom stereocenters. The molecule has 0 aromatic heterocycles. The molecule has 0 bridgehead atoms. The van der Waals surface area contributed by atoms with Crippen molar-refractivity contribution in [2.24, 2.45) is 5.92 Å². The molecule has 1 aliphatic carbocycles. The Kier molecular flexibility index (Phi) is 7.24. The third-order valence-corrected chi connectivity index (χ3v) is 20.1. The number of hydrogen-bond acceptors (Lipinski definition) is 0. The van der Waals surface area contributed by atoms with Crippen molar-refractivity contribution in [3.63, 3.8) is 0 Å². The normalized spacial score (nSPS) is 22.9. The van der Waals surface area contributed by atoms with Crippen LogP contribution in [0.3, 0.4) is 0 Å². The van der Waals surface area contributed by atoms with E-state index in [1.54, 1.807) is 27.1 Å². The van der Waals surface area contributed by atoms with Gasteiger partial charge in [-0.1, -0.05) is 0 Å². The van der Waals surface area contributed by atoms with Crippen molar-refractivity contribution < 1.29 is 16.6 Å². The fraction of sp³-hybridized carbons (Fsp3) is 0.630. The van der Waals surface area contributed by atoms with Crippen LogP contribution in [0.25, 0.3) is 0 Å². The van der Waals surface area contributed by atoms with Gasteiger partial charge >= 0.3 is 195 Å². The molecule has 2 unspecified atom stereocenters. The van der Waals surface area contributed by atoms with E-state index in [0.29, 0.717) is 0 Å². The first-order valence-electron chi connectivity index (χ1n) is 11.9. The fourth-order valence-corrected chi connectivity index (χ4v) is 20.9. The van der Waals surface area contributed by atoms with Gasteiger partial charge < -0.3 is 0 Å². The van der Waals surface area contributed by atoms with Crippen molar-refractivity contribution in [2.45, 2.75) is 101 Å². The molecule has 0 spiro atoms. The molecule has 0 amide bonds. The number of allylic oxidation sites excluding steroid dienone is 4. The average Bonchev–Trinajstić information content (AvgIpc) is 2.74. The van der Waals surface area contributed by atoms with Crippen molar-refractivity contribution in [1.82, 2.24) is 0 Å². The van der Waals surface area contributed by atoms with Gasteiger partial charge in [-0.15, -0.1) is 0 Å². The van der Waals surface area contributed by atoms with Crippen LogP contribution in [-0.2, 0) is 16.6 Å². The van der Waals surface area contributed by atoms with E-state index < -0.39 is 32.7 Å². The number of rotatable bonds is 6. The van der Waals surface area contributed by atoms with Gasteiger partial charge in [0.2, 0.25) is 0 Å². The van der Waals surface area contributed by atoms with Crippen molar-refractivity contribution in [2.75, 3.05) is 0 Å². The van der Waals surface area contributed by atoms with Crippen LogP contribution in [0.15, 0.2) is 38.8 Å². The fourth-order valence-electron chi connectivity index (χ4n) is 6.37. The molecule has 0 saturated heterocycles. The average molecular weight is 477 g/mol. The SMILES string of the molecule is CC1=C(C)C(C)([Si](C)(CC(C)C)c2cc(C)cc([Si](C)(C)C)c2)[C]([Ti]([CH3])([CH3])[CH3])=C1C. The number of aryl methyl sites for hydroxylation is 1. The summed E-state index contributed by atoms with van der Waals surface area (Å²) < 4.78 is 1.89. The van der Waals surface area contributed by atoms with E-state index in [1.807, 2.05) is 3.88 Å². The van der Waals surface area contributed by atoms with Gasteiger partial charge in [0, 0.05) is 0 Å². The first kappa shape index (κ1) is 26.1. The first-order valence-corrected chi connectivity index (χ1v) is 23.6. The summed E-state index contributed by atoms with van der Waals surface area (Å²) in [6.45, 7) is 27.4. The van der Waals surface area contributed by atoms with Gasteiger partial charge in [0.1, 0.15) is 0 Å². The summed E-state index contributed by atoms with van der Waals surface area (Å²) in [6, 6.07) is 9.09. The van der Waals surface area contributed by atoms with Crippen molar-refractivity contribution >= 4 is 26.5 Å². The van der Waals surface area contributed by atoms with Crippen LogP contribution in [0.4, 0.5) is 0 Å². The Hall–Kier alpha value is -0.152. The number of hydrogen-bond donors (Lipinski definition) is 0. The second kappa shape index (κ2) is 8.32. The van der Waals surface area contributed by atoms with Gasteiger partial charge in [0.15, 0.2) is 0 Å². The second-order valence-corrected chi connectivity index (χ2v) is 30.4. The topological polar surface area (TPSA) is 0 Å². The van der Waals surface area contributed by atoms with Gasteiger partial charge in [-0.05, 0) is 0 Å². The minimum absolute atomic E-state index is 0.244. The van der Waals surface area contributed by atoms with Gasteiger partial charge in [-0.2, -0.15) is 0 Å². The molecule has 1 aromatic rings. The predicted octanol–water partition coefficient (Wildman–Crippen LogP) is 8.16. The van der Waals surface area contributed by atoms with E-state index in [-0.39, 0.29) is 5.04 Å². The minimum atomic E-state index is -2.06. The predicted molar refractivity (Wildman–Crippen MR) is 142 cm³/mol. The zero-order chi connectivity index (χ0) is 23.4. The van der Waals surface area contributed by atoms with Gasteiger partial charge in [-0.3, -0.25) is 0 Å². The summed E-state index contributed by atoms with van der Waals surface area (Å²) in [5, 5.41) is 11.5. The van der Waals surface area contributed by atoms with E-state index in [0.717, 1.165) is 5.92 Å². The van der Waals surface area contributed by atoms with Crippen LogP contribution in [0.5, 0.6) is 0 Å². The van der Waals surface area contributed by atoms with Crippen LogP contribution in [-0.4, -0.2) is 16.1 Å². The Labute approximate surface area is 194 Å². The summed E-state index contributed by atoms with van der Waals surface area (Å²) in [5.41, 5.74) is 6.38. The van der Waals surface area contributed by atoms with Crippen LogP contribution in [0.2, 0.25) is 53.0 Å². The van der Waals surface area contributed by atoms with Crippen LogP contribution >= 0.6 is 0 Å². The molecule has 3 heteroatoms. The molecule has 1 aliphatic rings. The molecule has 0 fully saturated rings. The quantitative estimate of drug-likeness (QED) is 0.363. The second-order valence-electron chi connectivity index (χ2n) is 12.9. The third-order valence-electron chi connectivity index (χ3n) is 8.00. The first-order chi connectivity index (χ1) is 13.4. The third kappa shape index (κ3) is 4.36. The number of benzene rings is 1. The molecule has 0 nitrogen and oxygen atoms in total.